The van der Waals surface area contributed by atoms with E-state index >= 15 is 0 Å². The molecule has 1 atom stereocenters. The molecule has 328 valence electrons. The molecule has 1 unspecified atom stereocenters. The second kappa shape index (κ2) is 13.8. The van der Waals surface area contributed by atoms with E-state index in [1.807, 2.05) is 0 Å². The van der Waals surface area contributed by atoms with Crippen molar-refractivity contribution in [2.75, 3.05) is 4.90 Å². The lowest BCUT2D eigenvalue weighted by Gasteiger charge is -2.57. The lowest BCUT2D eigenvalue weighted by molar-refractivity contribution is -0.00492. The van der Waals surface area contributed by atoms with Gasteiger partial charge in [-0.05, 0) is 193 Å². The zero-order valence-electron chi connectivity index (χ0n) is 39.7. The van der Waals surface area contributed by atoms with Crippen molar-refractivity contribution in [3.05, 3.63) is 220 Å². The third-order valence-corrected chi connectivity index (χ3v) is 18.0. The largest absolute Gasteiger partial charge is 0.310 e. The van der Waals surface area contributed by atoms with Crippen LogP contribution in [0.5, 0.6) is 0 Å². The van der Waals surface area contributed by atoms with Gasteiger partial charge in [-0.3, -0.25) is 0 Å². The second-order valence-corrected chi connectivity index (χ2v) is 23.1. The smallest absolute Gasteiger partial charge is 0.0726 e. The van der Waals surface area contributed by atoms with Gasteiger partial charge < -0.3 is 4.90 Å². The fraction of sp³-hybridized carbons (Fsp3) is 0.273. The summed E-state index contributed by atoms with van der Waals surface area (Å²) >= 11 is 0. The third kappa shape index (κ3) is 5.49. The highest BCUT2D eigenvalue weighted by molar-refractivity contribution is 5.97. The Balaban J connectivity index is 0.967. The summed E-state index contributed by atoms with van der Waals surface area (Å²) in [5.41, 5.74) is 25.4. The van der Waals surface area contributed by atoms with Crippen molar-refractivity contribution in [2.24, 2.45) is 17.8 Å². The van der Waals surface area contributed by atoms with Gasteiger partial charge in [0, 0.05) is 22.5 Å². The SMILES string of the molecule is CC(C)(C)c1ccc2c(c1)C1(c3ccccc3-c3ccc(N(c4ccc(-c5ccccc5C56CC7CC(CC(C7)C5)C6)cc4)c4ccc5c(c4)-c4ccccc4C5(C)C)cc31)c1ccccc1-2. The lowest BCUT2D eigenvalue weighted by Crippen LogP contribution is -2.48. The van der Waals surface area contributed by atoms with Gasteiger partial charge in [-0.1, -0.05) is 174 Å². The van der Waals surface area contributed by atoms with E-state index in [0.717, 1.165) is 17.8 Å². The van der Waals surface area contributed by atoms with E-state index in [4.69, 9.17) is 0 Å². The fourth-order valence-corrected chi connectivity index (χ4v) is 15.5. The Morgan fingerprint density at radius 2 is 0.836 bits per heavy atom. The van der Waals surface area contributed by atoms with Gasteiger partial charge in [0.05, 0.1) is 5.41 Å². The highest BCUT2D eigenvalue weighted by Gasteiger charge is 2.53. The van der Waals surface area contributed by atoms with Crippen molar-refractivity contribution in [3.8, 4) is 44.5 Å². The summed E-state index contributed by atoms with van der Waals surface area (Å²) < 4.78 is 0. The van der Waals surface area contributed by atoms with Crippen LogP contribution in [-0.2, 0) is 21.7 Å². The van der Waals surface area contributed by atoms with Gasteiger partial charge in [0.15, 0.2) is 0 Å². The van der Waals surface area contributed by atoms with Gasteiger partial charge in [0.2, 0.25) is 0 Å². The Hall–Kier alpha value is -6.44. The maximum Gasteiger partial charge on any atom is 0.0726 e. The van der Waals surface area contributed by atoms with Crippen LogP contribution in [0.2, 0.25) is 0 Å². The van der Waals surface area contributed by atoms with Crippen molar-refractivity contribution >= 4 is 17.1 Å². The Kier molecular flexibility index (Phi) is 8.19. The minimum absolute atomic E-state index is 0.00721. The number of benzene rings is 8. The number of fused-ring (bicyclic) bond motifs is 13. The topological polar surface area (TPSA) is 3.24 Å². The van der Waals surface area contributed by atoms with E-state index < -0.39 is 5.41 Å². The van der Waals surface area contributed by atoms with Crippen LogP contribution in [0.1, 0.15) is 118 Å². The molecule has 0 N–H and O–H groups in total. The van der Waals surface area contributed by atoms with Gasteiger partial charge in [0.25, 0.3) is 0 Å². The van der Waals surface area contributed by atoms with E-state index in [0.29, 0.717) is 5.41 Å². The molecule has 0 heterocycles. The molecule has 7 aliphatic carbocycles. The summed E-state index contributed by atoms with van der Waals surface area (Å²) in [5, 5.41) is 0. The summed E-state index contributed by atoms with van der Waals surface area (Å²) in [6.07, 6.45) is 8.50. The van der Waals surface area contributed by atoms with E-state index in [1.165, 1.54) is 139 Å². The molecule has 8 aromatic rings. The van der Waals surface area contributed by atoms with Gasteiger partial charge in [-0.2, -0.15) is 0 Å². The number of anilines is 3. The molecule has 4 saturated carbocycles. The first-order chi connectivity index (χ1) is 32.5. The zero-order chi connectivity index (χ0) is 45.0. The monoisotopic (exact) mass is 865 g/mol. The Morgan fingerprint density at radius 1 is 0.388 bits per heavy atom. The molecule has 7 aliphatic rings. The minimum atomic E-state index is -0.452. The van der Waals surface area contributed by atoms with Crippen LogP contribution in [0.15, 0.2) is 176 Å². The average Bonchev–Trinajstić information content (AvgIpc) is 3.89. The minimum Gasteiger partial charge on any atom is -0.310 e. The van der Waals surface area contributed by atoms with Crippen LogP contribution < -0.4 is 4.90 Å². The predicted molar refractivity (Wildman–Crippen MR) is 279 cm³/mol. The van der Waals surface area contributed by atoms with Gasteiger partial charge in [-0.15, -0.1) is 0 Å². The highest BCUT2D eigenvalue weighted by Crippen LogP contribution is 2.65. The quantitative estimate of drug-likeness (QED) is 0.167. The summed E-state index contributed by atoms with van der Waals surface area (Å²) in [5.74, 6) is 2.73. The number of hydrogen-bond acceptors (Lipinski definition) is 1. The van der Waals surface area contributed by atoms with Crippen molar-refractivity contribution in [1.29, 1.82) is 0 Å². The van der Waals surface area contributed by atoms with Crippen LogP contribution in [0.3, 0.4) is 0 Å². The average molecular weight is 866 g/mol. The molecule has 15 rings (SSSR count). The molecule has 0 amide bonds. The Morgan fingerprint density at radius 3 is 1.45 bits per heavy atom. The van der Waals surface area contributed by atoms with Crippen molar-refractivity contribution in [2.45, 2.75) is 94.8 Å². The summed E-state index contributed by atoms with van der Waals surface area (Å²) in [6, 6.07) is 68.7. The number of hydrogen-bond donors (Lipinski definition) is 0. The maximum absolute atomic E-state index is 2.56. The molecule has 0 aliphatic heterocycles. The number of nitrogens with zero attached hydrogens (tertiary/aromatic N) is 1. The fourth-order valence-electron chi connectivity index (χ4n) is 15.5. The van der Waals surface area contributed by atoms with Gasteiger partial charge >= 0.3 is 0 Å². The molecule has 4 fully saturated rings. The number of rotatable bonds is 5. The van der Waals surface area contributed by atoms with Crippen LogP contribution in [0.25, 0.3) is 44.5 Å². The summed E-state index contributed by atoms with van der Waals surface area (Å²) in [7, 11) is 0. The molecule has 67 heavy (non-hydrogen) atoms. The summed E-state index contributed by atoms with van der Waals surface area (Å²) in [6.45, 7) is 11.8. The molecule has 1 spiro atoms. The molecule has 1 nitrogen and oxygen atoms in total. The van der Waals surface area contributed by atoms with Gasteiger partial charge in [0.1, 0.15) is 0 Å². The van der Waals surface area contributed by atoms with Crippen molar-refractivity contribution < 1.29 is 0 Å². The standard InChI is InChI=1S/C66H59N/c1-63(2,3)45-24-29-53-50-15-8-12-20-59(50)66(61(53)35-45)60-21-13-9-16-51(60)54-30-27-48(37-62(54)66)67(47-28-31-57-55(36-47)52-17-7-10-18-56(52)64(57,4)5)46-25-22-44(23-26-46)49-14-6-11-19-58(49)65-38-41-32-42(39-65)34-43(33-41)40-65/h6-31,35-37,41-43H,32-34,38-40H2,1-5H3. The Labute approximate surface area is 397 Å². The predicted octanol–water partition coefficient (Wildman–Crippen LogP) is 17.2. The molecule has 0 aromatic heterocycles. The van der Waals surface area contributed by atoms with E-state index in [-0.39, 0.29) is 10.8 Å². The van der Waals surface area contributed by atoms with Crippen LogP contribution in [0.4, 0.5) is 17.1 Å². The molecular formula is C66H59N. The highest BCUT2D eigenvalue weighted by atomic mass is 15.1. The second-order valence-electron chi connectivity index (χ2n) is 23.1. The first kappa shape index (κ1) is 39.7. The summed E-state index contributed by atoms with van der Waals surface area (Å²) in [4.78, 5) is 2.55. The third-order valence-electron chi connectivity index (χ3n) is 18.0. The van der Waals surface area contributed by atoms with E-state index in [9.17, 15) is 0 Å². The van der Waals surface area contributed by atoms with E-state index in [1.54, 1.807) is 5.56 Å². The maximum atomic E-state index is 2.56. The van der Waals surface area contributed by atoms with Gasteiger partial charge in [-0.25, -0.2) is 0 Å². The molecule has 4 bridgehead atoms. The molecule has 8 aromatic carbocycles. The molecule has 0 saturated heterocycles. The Bertz CT molecular complexity index is 3310. The van der Waals surface area contributed by atoms with Crippen molar-refractivity contribution in [3.63, 3.8) is 0 Å². The van der Waals surface area contributed by atoms with Crippen LogP contribution in [-0.4, -0.2) is 0 Å². The zero-order valence-corrected chi connectivity index (χ0v) is 39.7. The first-order valence-corrected chi connectivity index (χ1v) is 25.3. The van der Waals surface area contributed by atoms with Crippen molar-refractivity contribution in [1.82, 2.24) is 0 Å². The first-order valence-electron chi connectivity index (χ1n) is 25.3. The normalized spacial score (nSPS) is 23.9. The molecular weight excluding hydrogens is 807 g/mol. The van der Waals surface area contributed by atoms with Crippen LogP contribution in [0, 0.1) is 17.8 Å². The molecule has 0 radical (unpaired) electrons. The lowest BCUT2D eigenvalue weighted by atomic mass is 9.47. The molecule has 1 heteroatoms. The van der Waals surface area contributed by atoms with Crippen LogP contribution >= 0.6 is 0 Å². The van der Waals surface area contributed by atoms with E-state index in [2.05, 4.69) is 215 Å².